The number of hydrogen-bond acceptors (Lipinski definition) is 3. The van der Waals surface area contributed by atoms with Crippen LogP contribution in [0.1, 0.15) is 24.9 Å². The van der Waals surface area contributed by atoms with E-state index in [1.165, 1.54) is 5.56 Å². The summed E-state index contributed by atoms with van der Waals surface area (Å²) in [5.41, 5.74) is 1.32. The fourth-order valence-corrected chi connectivity index (χ4v) is 2.66. The third-order valence-electron chi connectivity index (χ3n) is 4.19. The molecule has 0 saturated heterocycles. The minimum atomic E-state index is -0.216. The van der Waals surface area contributed by atoms with Crippen molar-refractivity contribution in [2.75, 3.05) is 33.7 Å². The lowest BCUT2D eigenvalue weighted by Gasteiger charge is -2.27. The highest BCUT2D eigenvalue weighted by Gasteiger charge is 2.21. The molecule has 0 saturated carbocycles. The van der Waals surface area contributed by atoms with Crippen molar-refractivity contribution in [2.45, 2.75) is 25.8 Å². The number of imidazole rings is 1. The summed E-state index contributed by atoms with van der Waals surface area (Å²) in [6.45, 7) is 4.33. The number of rotatable bonds is 9. The monoisotopic (exact) mass is 328 g/mol. The molecule has 0 aliphatic heterocycles. The van der Waals surface area contributed by atoms with Crippen molar-refractivity contribution in [3.8, 4) is 0 Å². The van der Waals surface area contributed by atoms with Gasteiger partial charge >= 0.3 is 0 Å². The molecule has 0 spiro atoms. The second-order valence-corrected chi connectivity index (χ2v) is 6.40. The maximum absolute atomic E-state index is 12.9. The van der Waals surface area contributed by atoms with E-state index in [1.54, 1.807) is 12.5 Å². The topological polar surface area (TPSA) is 41.4 Å². The second-order valence-electron chi connectivity index (χ2n) is 6.40. The van der Waals surface area contributed by atoms with Crippen LogP contribution < -0.4 is 0 Å². The van der Waals surface area contributed by atoms with Gasteiger partial charge < -0.3 is 14.4 Å². The molecule has 24 heavy (non-hydrogen) atoms. The van der Waals surface area contributed by atoms with Crippen LogP contribution in [0.4, 0.5) is 0 Å². The number of benzene rings is 1. The van der Waals surface area contributed by atoms with Crippen molar-refractivity contribution in [2.24, 2.45) is 0 Å². The third kappa shape index (κ3) is 5.49. The molecule has 1 amide bonds. The van der Waals surface area contributed by atoms with Gasteiger partial charge in [0.2, 0.25) is 5.91 Å². The van der Waals surface area contributed by atoms with Crippen LogP contribution in [0, 0.1) is 0 Å². The average Bonchev–Trinajstić information content (AvgIpc) is 3.12. The Kier molecular flexibility index (Phi) is 7.00. The predicted molar refractivity (Wildman–Crippen MR) is 96.8 cm³/mol. The van der Waals surface area contributed by atoms with Crippen LogP contribution in [0.25, 0.3) is 0 Å². The van der Waals surface area contributed by atoms with Gasteiger partial charge in [-0.1, -0.05) is 30.3 Å². The largest absolute Gasteiger partial charge is 0.340 e. The minimum Gasteiger partial charge on any atom is -0.340 e. The van der Waals surface area contributed by atoms with Gasteiger partial charge in [-0.25, -0.2) is 4.98 Å². The van der Waals surface area contributed by atoms with Gasteiger partial charge in [0.1, 0.15) is 6.04 Å². The molecule has 0 radical (unpaired) electrons. The molecular formula is C19H28N4O. The lowest BCUT2D eigenvalue weighted by molar-refractivity contribution is -0.134. The van der Waals surface area contributed by atoms with Crippen LogP contribution in [0.15, 0.2) is 49.1 Å². The van der Waals surface area contributed by atoms with E-state index in [0.717, 1.165) is 32.5 Å². The fourth-order valence-electron chi connectivity index (χ4n) is 2.66. The van der Waals surface area contributed by atoms with Gasteiger partial charge in [0.15, 0.2) is 0 Å². The van der Waals surface area contributed by atoms with Crippen molar-refractivity contribution in [3.63, 3.8) is 0 Å². The molecule has 0 aliphatic rings. The Morgan fingerprint density at radius 2 is 1.92 bits per heavy atom. The van der Waals surface area contributed by atoms with Crippen molar-refractivity contribution < 1.29 is 4.79 Å². The summed E-state index contributed by atoms with van der Waals surface area (Å²) < 4.78 is 1.86. The Labute approximate surface area is 144 Å². The molecule has 1 atom stereocenters. The Hall–Kier alpha value is -2.14. The van der Waals surface area contributed by atoms with Crippen LogP contribution in [0.2, 0.25) is 0 Å². The maximum atomic E-state index is 12.9. The summed E-state index contributed by atoms with van der Waals surface area (Å²) in [6.07, 6.45) is 7.22. The summed E-state index contributed by atoms with van der Waals surface area (Å²) in [4.78, 5) is 21.0. The molecule has 0 unspecified atom stereocenters. The van der Waals surface area contributed by atoms with Crippen LogP contribution in [-0.4, -0.2) is 59.0 Å². The number of carbonyl (C=O) groups excluding carboxylic acids is 1. The summed E-state index contributed by atoms with van der Waals surface area (Å²) in [5.74, 6) is 0.155. The van der Waals surface area contributed by atoms with Gasteiger partial charge in [0.25, 0.3) is 0 Å². The number of hydrogen-bond donors (Lipinski definition) is 0. The molecule has 1 aromatic carbocycles. The van der Waals surface area contributed by atoms with Gasteiger partial charge in [-0.05, 0) is 39.4 Å². The zero-order valence-corrected chi connectivity index (χ0v) is 14.9. The first-order chi connectivity index (χ1) is 11.6. The maximum Gasteiger partial charge on any atom is 0.245 e. The highest BCUT2D eigenvalue weighted by Crippen LogP contribution is 2.11. The second kappa shape index (κ2) is 9.23. The summed E-state index contributed by atoms with van der Waals surface area (Å²) in [6, 6.07) is 10.2. The summed E-state index contributed by atoms with van der Waals surface area (Å²) in [7, 11) is 4.07. The lowest BCUT2D eigenvalue weighted by atomic mass is 10.1. The van der Waals surface area contributed by atoms with Gasteiger partial charge in [-0.3, -0.25) is 4.79 Å². The number of likely N-dealkylation sites (N-methyl/N-ethyl adjacent to an activating group) is 1. The zero-order valence-electron chi connectivity index (χ0n) is 14.9. The van der Waals surface area contributed by atoms with E-state index < -0.39 is 0 Å². The van der Waals surface area contributed by atoms with Crippen LogP contribution >= 0.6 is 0 Å². The first-order valence-corrected chi connectivity index (χ1v) is 8.53. The van der Waals surface area contributed by atoms with Crippen LogP contribution in [-0.2, 0) is 11.2 Å². The Morgan fingerprint density at radius 1 is 1.17 bits per heavy atom. The molecule has 0 fully saturated rings. The van der Waals surface area contributed by atoms with Crippen molar-refractivity contribution in [1.82, 2.24) is 19.4 Å². The Bertz CT molecular complexity index is 595. The van der Waals surface area contributed by atoms with Crippen molar-refractivity contribution >= 4 is 5.91 Å². The SMILES string of the molecule is C[C@@H](C(=O)N(CCCc1ccccc1)CCN(C)C)n1ccnc1. The lowest BCUT2D eigenvalue weighted by Crippen LogP contribution is -2.40. The number of aromatic nitrogens is 2. The molecule has 0 bridgehead atoms. The molecule has 2 aromatic rings. The number of aryl methyl sites for hydroxylation is 1. The zero-order chi connectivity index (χ0) is 17.4. The molecule has 0 aliphatic carbocycles. The van der Waals surface area contributed by atoms with E-state index >= 15 is 0 Å². The first-order valence-electron chi connectivity index (χ1n) is 8.53. The Morgan fingerprint density at radius 3 is 2.54 bits per heavy atom. The van der Waals surface area contributed by atoms with E-state index in [9.17, 15) is 4.79 Å². The van der Waals surface area contributed by atoms with Gasteiger partial charge in [0.05, 0.1) is 6.33 Å². The third-order valence-corrected chi connectivity index (χ3v) is 4.19. The van der Waals surface area contributed by atoms with Gasteiger partial charge in [-0.15, -0.1) is 0 Å². The van der Waals surface area contributed by atoms with E-state index in [-0.39, 0.29) is 11.9 Å². The normalized spacial score (nSPS) is 12.3. The predicted octanol–water partition coefficient (Wildman–Crippen LogP) is 2.47. The van der Waals surface area contributed by atoms with Crippen molar-refractivity contribution in [3.05, 3.63) is 54.6 Å². The minimum absolute atomic E-state index is 0.155. The van der Waals surface area contributed by atoms with E-state index in [2.05, 4.69) is 34.1 Å². The average molecular weight is 328 g/mol. The number of carbonyl (C=O) groups is 1. The molecule has 5 heteroatoms. The standard InChI is InChI=1S/C19H28N4O/c1-17(23-13-11-20-16-23)19(24)22(15-14-21(2)3)12-7-10-18-8-5-4-6-9-18/h4-6,8-9,11,13,16-17H,7,10,12,14-15H2,1-3H3/t17-/m0/s1. The first kappa shape index (κ1) is 18.2. The van der Waals surface area contributed by atoms with Crippen molar-refractivity contribution in [1.29, 1.82) is 0 Å². The summed E-state index contributed by atoms with van der Waals surface area (Å²) >= 11 is 0. The number of amides is 1. The smallest absolute Gasteiger partial charge is 0.245 e. The van der Waals surface area contributed by atoms with Crippen LogP contribution in [0.3, 0.4) is 0 Å². The molecule has 1 heterocycles. The highest BCUT2D eigenvalue weighted by molar-refractivity contribution is 5.80. The molecule has 130 valence electrons. The van der Waals surface area contributed by atoms with Gasteiger partial charge in [-0.2, -0.15) is 0 Å². The molecule has 5 nitrogen and oxygen atoms in total. The molecule has 1 aromatic heterocycles. The van der Waals surface area contributed by atoms with E-state index in [1.807, 2.05) is 42.7 Å². The molecule has 0 N–H and O–H groups in total. The molecule has 2 rings (SSSR count). The number of nitrogens with zero attached hydrogens (tertiary/aromatic N) is 4. The van der Waals surface area contributed by atoms with E-state index in [4.69, 9.17) is 0 Å². The van der Waals surface area contributed by atoms with Crippen LogP contribution in [0.5, 0.6) is 0 Å². The Balaban J connectivity index is 1.94. The summed E-state index contributed by atoms with van der Waals surface area (Å²) in [5, 5.41) is 0. The van der Waals surface area contributed by atoms with E-state index in [0.29, 0.717) is 0 Å². The quantitative estimate of drug-likeness (QED) is 0.710. The molecular weight excluding hydrogens is 300 g/mol. The van der Waals surface area contributed by atoms with Gasteiger partial charge in [0, 0.05) is 32.0 Å². The highest BCUT2D eigenvalue weighted by atomic mass is 16.2. The fraction of sp³-hybridized carbons (Fsp3) is 0.474.